The molecule has 26 heavy (non-hydrogen) atoms. The van der Waals surface area contributed by atoms with Gasteiger partial charge in [0.25, 0.3) is 5.91 Å². The van der Waals surface area contributed by atoms with Gasteiger partial charge in [-0.25, -0.2) is 0 Å². The van der Waals surface area contributed by atoms with Crippen LogP contribution in [0.15, 0.2) is 60.7 Å². The average Bonchev–Trinajstić information content (AvgIpc) is 3.21. The van der Waals surface area contributed by atoms with Gasteiger partial charge in [-0.2, -0.15) is 0 Å². The van der Waals surface area contributed by atoms with Gasteiger partial charge in [-0.1, -0.05) is 48.5 Å². The van der Waals surface area contributed by atoms with Gasteiger partial charge >= 0.3 is 0 Å². The molecule has 1 aliphatic rings. The van der Waals surface area contributed by atoms with Crippen molar-refractivity contribution in [1.29, 1.82) is 0 Å². The van der Waals surface area contributed by atoms with Crippen molar-refractivity contribution in [2.45, 2.75) is 31.4 Å². The van der Waals surface area contributed by atoms with Gasteiger partial charge in [0.2, 0.25) is 5.91 Å². The molecule has 1 saturated heterocycles. The minimum atomic E-state index is -0.381. The largest absolute Gasteiger partial charge is 0.376 e. The SMILES string of the molecule is O=C(CC(NC(=O)c1ccccc1)c1ccccc1)NCC1CCCO1. The number of carbonyl (C=O) groups is 2. The molecule has 1 fully saturated rings. The number of hydrogen-bond donors (Lipinski definition) is 2. The first-order valence-electron chi connectivity index (χ1n) is 9.01. The molecule has 0 spiro atoms. The Bertz CT molecular complexity index is 713. The van der Waals surface area contributed by atoms with E-state index in [9.17, 15) is 9.59 Å². The molecular weight excluding hydrogens is 328 g/mol. The van der Waals surface area contributed by atoms with Gasteiger partial charge in [0.05, 0.1) is 18.6 Å². The first-order chi connectivity index (χ1) is 12.7. The van der Waals surface area contributed by atoms with Crippen molar-refractivity contribution in [3.8, 4) is 0 Å². The minimum Gasteiger partial charge on any atom is -0.376 e. The third-order valence-corrected chi connectivity index (χ3v) is 4.48. The van der Waals surface area contributed by atoms with Gasteiger partial charge in [-0.3, -0.25) is 9.59 Å². The van der Waals surface area contributed by atoms with Crippen LogP contribution in [0.1, 0.15) is 41.2 Å². The third-order valence-electron chi connectivity index (χ3n) is 4.48. The highest BCUT2D eigenvalue weighted by molar-refractivity contribution is 5.94. The predicted octanol–water partition coefficient (Wildman–Crippen LogP) is 2.84. The zero-order valence-corrected chi connectivity index (χ0v) is 14.7. The van der Waals surface area contributed by atoms with E-state index >= 15 is 0 Å². The van der Waals surface area contributed by atoms with Crippen LogP contribution in [0.25, 0.3) is 0 Å². The van der Waals surface area contributed by atoms with Crippen molar-refractivity contribution in [2.24, 2.45) is 0 Å². The number of amides is 2. The molecule has 5 nitrogen and oxygen atoms in total. The van der Waals surface area contributed by atoms with Crippen LogP contribution in [-0.2, 0) is 9.53 Å². The van der Waals surface area contributed by atoms with Crippen LogP contribution in [-0.4, -0.2) is 31.1 Å². The zero-order chi connectivity index (χ0) is 18.2. The maximum Gasteiger partial charge on any atom is 0.251 e. The maximum atomic E-state index is 12.5. The standard InChI is InChI=1S/C21H24N2O3/c24-20(22-15-18-12-7-13-26-18)14-19(16-8-3-1-4-9-16)23-21(25)17-10-5-2-6-11-17/h1-6,8-11,18-19H,7,12-15H2,(H,22,24)(H,23,25). The summed E-state index contributed by atoms with van der Waals surface area (Å²) in [4.78, 5) is 24.9. The smallest absolute Gasteiger partial charge is 0.251 e. The van der Waals surface area contributed by atoms with Crippen molar-refractivity contribution >= 4 is 11.8 Å². The lowest BCUT2D eigenvalue weighted by Gasteiger charge is -2.20. The summed E-state index contributed by atoms with van der Waals surface area (Å²) >= 11 is 0. The summed E-state index contributed by atoms with van der Waals surface area (Å²) < 4.78 is 5.53. The topological polar surface area (TPSA) is 67.4 Å². The molecule has 136 valence electrons. The van der Waals surface area contributed by atoms with Crippen molar-refractivity contribution in [2.75, 3.05) is 13.2 Å². The van der Waals surface area contributed by atoms with E-state index in [-0.39, 0.29) is 30.4 Å². The zero-order valence-electron chi connectivity index (χ0n) is 14.7. The summed E-state index contributed by atoms with van der Waals surface area (Å²) in [6, 6.07) is 18.2. The van der Waals surface area contributed by atoms with Crippen molar-refractivity contribution in [3.05, 3.63) is 71.8 Å². The second kappa shape index (κ2) is 9.15. The Morgan fingerprint density at radius 2 is 1.73 bits per heavy atom. The molecule has 2 N–H and O–H groups in total. The molecule has 1 aliphatic heterocycles. The summed E-state index contributed by atoms with van der Waals surface area (Å²) in [5, 5.41) is 5.90. The second-order valence-corrected chi connectivity index (χ2v) is 6.45. The molecule has 5 heteroatoms. The highest BCUT2D eigenvalue weighted by Gasteiger charge is 2.21. The van der Waals surface area contributed by atoms with E-state index in [1.165, 1.54) is 0 Å². The number of ether oxygens (including phenoxy) is 1. The normalized spacial score (nSPS) is 17.5. The molecule has 2 atom stereocenters. The van der Waals surface area contributed by atoms with E-state index in [2.05, 4.69) is 10.6 Å². The molecule has 0 aliphatic carbocycles. The fourth-order valence-corrected chi connectivity index (χ4v) is 3.06. The van der Waals surface area contributed by atoms with E-state index in [1.54, 1.807) is 12.1 Å². The van der Waals surface area contributed by atoms with E-state index in [0.29, 0.717) is 12.1 Å². The molecule has 2 aromatic carbocycles. The number of hydrogen-bond acceptors (Lipinski definition) is 3. The Labute approximate surface area is 153 Å². The van der Waals surface area contributed by atoms with Crippen LogP contribution in [0.3, 0.4) is 0 Å². The van der Waals surface area contributed by atoms with E-state index in [4.69, 9.17) is 4.74 Å². The summed E-state index contributed by atoms with van der Waals surface area (Å²) in [5.41, 5.74) is 1.48. The number of benzene rings is 2. The van der Waals surface area contributed by atoms with Gasteiger partial charge < -0.3 is 15.4 Å². The molecule has 0 saturated carbocycles. The molecule has 2 unspecified atom stereocenters. The van der Waals surface area contributed by atoms with Crippen molar-refractivity contribution < 1.29 is 14.3 Å². The molecule has 0 aromatic heterocycles. The highest BCUT2D eigenvalue weighted by atomic mass is 16.5. The second-order valence-electron chi connectivity index (χ2n) is 6.45. The number of carbonyl (C=O) groups excluding carboxylic acids is 2. The molecule has 2 aromatic rings. The first-order valence-corrected chi connectivity index (χ1v) is 9.01. The lowest BCUT2D eigenvalue weighted by atomic mass is 10.0. The average molecular weight is 352 g/mol. The lowest BCUT2D eigenvalue weighted by molar-refractivity contribution is -0.122. The Kier molecular flexibility index (Phi) is 6.39. The summed E-state index contributed by atoms with van der Waals surface area (Å²) in [6.07, 6.45) is 2.32. The van der Waals surface area contributed by atoms with Crippen LogP contribution < -0.4 is 10.6 Å². The van der Waals surface area contributed by atoms with Crippen molar-refractivity contribution in [1.82, 2.24) is 10.6 Å². The summed E-state index contributed by atoms with van der Waals surface area (Å²) in [5.74, 6) is -0.283. The number of nitrogens with one attached hydrogen (secondary N) is 2. The van der Waals surface area contributed by atoms with Crippen LogP contribution in [0, 0.1) is 0 Å². The van der Waals surface area contributed by atoms with Gasteiger partial charge in [0, 0.05) is 18.7 Å². The molecule has 0 bridgehead atoms. The maximum absolute atomic E-state index is 12.5. The highest BCUT2D eigenvalue weighted by Crippen LogP contribution is 2.18. The Balaban J connectivity index is 1.63. The summed E-state index contributed by atoms with van der Waals surface area (Å²) in [6.45, 7) is 1.29. The van der Waals surface area contributed by atoms with E-state index in [0.717, 1.165) is 25.0 Å². The molecular formula is C21H24N2O3. The van der Waals surface area contributed by atoms with Gasteiger partial charge in [-0.15, -0.1) is 0 Å². The molecule has 1 heterocycles. The fourth-order valence-electron chi connectivity index (χ4n) is 3.06. The van der Waals surface area contributed by atoms with Gasteiger partial charge in [-0.05, 0) is 30.5 Å². The fraction of sp³-hybridized carbons (Fsp3) is 0.333. The summed E-state index contributed by atoms with van der Waals surface area (Å²) in [7, 11) is 0. The minimum absolute atomic E-state index is 0.0947. The van der Waals surface area contributed by atoms with Gasteiger partial charge in [0.1, 0.15) is 0 Å². The first kappa shape index (κ1) is 18.1. The predicted molar refractivity (Wildman–Crippen MR) is 99.7 cm³/mol. The van der Waals surface area contributed by atoms with Crippen LogP contribution in [0.2, 0.25) is 0 Å². The van der Waals surface area contributed by atoms with Crippen LogP contribution >= 0.6 is 0 Å². The van der Waals surface area contributed by atoms with Crippen molar-refractivity contribution in [3.63, 3.8) is 0 Å². The molecule has 3 rings (SSSR count). The van der Waals surface area contributed by atoms with E-state index in [1.807, 2.05) is 48.5 Å². The lowest BCUT2D eigenvalue weighted by Crippen LogP contribution is -2.36. The third kappa shape index (κ3) is 5.17. The number of rotatable bonds is 7. The van der Waals surface area contributed by atoms with E-state index < -0.39 is 0 Å². The molecule has 0 radical (unpaired) electrons. The monoisotopic (exact) mass is 352 g/mol. The van der Waals surface area contributed by atoms with Gasteiger partial charge in [0.15, 0.2) is 0 Å². The molecule has 2 amide bonds. The Hall–Kier alpha value is -2.66. The van der Waals surface area contributed by atoms with Crippen LogP contribution in [0.4, 0.5) is 0 Å². The Morgan fingerprint density at radius 3 is 2.38 bits per heavy atom. The van der Waals surface area contributed by atoms with Crippen LogP contribution in [0.5, 0.6) is 0 Å². The quantitative estimate of drug-likeness (QED) is 0.805. The Morgan fingerprint density at radius 1 is 1.04 bits per heavy atom.